The molecule has 1 aliphatic rings. The molecule has 0 saturated carbocycles. The molecule has 1 aromatic carbocycles. The first-order valence-electron chi connectivity index (χ1n) is 6.57. The Balaban J connectivity index is 2.12. The van der Waals surface area contributed by atoms with Crippen LogP contribution < -0.4 is 0 Å². The zero-order chi connectivity index (χ0) is 15.2. The van der Waals surface area contributed by atoms with Gasteiger partial charge in [0.1, 0.15) is 4.21 Å². The number of aryl methyl sites for hydroxylation is 1. The van der Waals surface area contributed by atoms with Crippen molar-refractivity contribution >= 4 is 59.0 Å². The largest absolute Gasteiger partial charge is 0.253 e. The lowest BCUT2D eigenvalue weighted by molar-refractivity contribution is 0.365. The van der Waals surface area contributed by atoms with Gasteiger partial charge in [-0.15, -0.1) is 11.3 Å². The zero-order valence-corrected chi connectivity index (χ0v) is 15.3. The minimum absolute atomic E-state index is 0.163. The second-order valence-electron chi connectivity index (χ2n) is 5.02. The van der Waals surface area contributed by atoms with Crippen LogP contribution in [0.1, 0.15) is 18.4 Å². The number of piperidine rings is 1. The highest BCUT2D eigenvalue weighted by Gasteiger charge is 2.34. The van der Waals surface area contributed by atoms with Gasteiger partial charge in [0, 0.05) is 16.3 Å². The van der Waals surface area contributed by atoms with Crippen LogP contribution in [0.5, 0.6) is 0 Å². The summed E-state index contributed by atoms with van der Waals surface area (Å²) >= 11 is 10.8. The third-order valence-electron chi connectivity index (χ3n) is 3.62. The van der Waals surface area contributed by atoms with Crippen LogP contribution in [0.3, 0.4) is 0 Å². The zero-order valence-electron chi connectivity index (χ0n) is 11.3. The molecule has 1 saturated heterocycles. The number of sulfonamides is 1. The lowest BCUT2D eigenvalue weighted by Crippen LogP contribution is -2.40. The van der Waals surface area contributed by atoms with Gasteiger partial charge in [-0.1, -0.05) is 27.5 Å². The van der Waals surface area contributed by atoms with Crippen molar-refractivity contribution in [2.45, 2.75) is 28.9 Å². The molecule has 0 aliphatic carbocycles. The van der Waals surface area contributed by atoms with E-state index in [1.54, 1.807) is 10.4 Å². The van der Waals surface area contributed by atoms with E-state index in [2.05, 4.69) is 22.4 Å². The van der Waals surface area contributed by atoms with Gasteiger partial charge in [0.15, 0.2) is 0 Å². The van der Waals surface area contributed by atoms with Crippen LogP contribution in [0.4, 0.5) is 0 Å². The maximum Gasteiger partial charge on any atom is 0.253 e. The Morgan fingerprint density at radius 1 is 1.43 bits per heavy atom. The number of hydrogen-bond donors (Lipinski definition) is 0. The molecule has 21 heavy (non-hydrogen) atoms. The normalized spacial score (nSPS) is 21.0. The Morgan fingerprint density at radius 3 is 2.90 bits per heavy atom. The van der Waals surface area contributed by atoms with E-state index in [9.17, 15) is 8.42 Å². The molecule has 1 radical (unpaired) electrons. The van der Waals surface area contributed by atoms with E-state index in [0.29, 0.717) is 15.8 Å². The summed E-state index contributed by atoms with van der Waals surface area (Å²) in [5, 5.41) is 1.54. The molecule has 0 bridgehead atoms. The highest BCUT2D eigenvalue weighted by atomic mass is 79.9. The van der Waals surface area contributed by atoms with Gasteiger partial charge in [-0.05, 0) is 55.3 Å². The van der Waals surface area contributed by atoms with Crippen molar-refractivity contribution in [1.82, 2.24) is 4.31 Å². The number of hydrogen-bond acceptors (Lipinski definition) is 3. The smallest absolute Gasteiger partial charge is 0.206 e. The fourth-order valence-electron chi connectivity index (χ4n) is 2.53. The van der Waals surface area contributed by atoms with Gasteiger partial charge in [-0.2, -0.15) is 4.31 Å². The lowest BCUT2D eigenvalue weighted by atomic mass is 10.2. The Kier molecular flexibility index (Phi) is 4.36. The van der Waals surface area contributed by atoms with E-state index >= 15 is 0 Å². The van der Waals surface area contributed by atoms with Crippen LogP contribution in [0.2, 0.25) is 5.02 Å². The Bertz CT molecular complexity index is 788. The van der Waals surface area contributed by atoms with Crippen molar-refractivity contribution in [2.75, 3.05) is 6.54 Å². The summed E-state index contributed by atoms with van der Waals surface area (Å²) in [7, 11) is -3.47. The van der Waals surface area contributed by atoms with Gasteiger partial charge in [0.05, 0.1) is 4.95 Å². The molecule has 2 aromatic rings. The number of fused-ring (bicyclic) bond motifs is 1. The molecule has 0 amide bonds. The molecule has 2 heterocycles. The number of alkyl halides is 1. The summed E-state index contributed by atoms with van der Waals surface area (Å²) in [6.45, 7) is 2.37. The van der Waals surface area contributed by atoms with Crippen molar-refractivity contribution in [3.8, 4) is 0 Å². The molecule has 1 aromatic heterocycles. The molecule has 0 spiro atoms. The van der Waals surface area contributed by atoms with Crippen molar-refractivity contribution in [2.24, 2.45) is 0 Å². The Morgan fingerprint density at radius 2 is 2.19 bits per heavy atom. The summed E-state index contributed by atoms with van der Waals surface area (Å²) in [6, 6.07) is 5.50. The minimum Gasteiger partial charge on any atom is -0.206 e. The third kappa shape index (κ3) is 2.77. The van der Waals surface area contributed by atoms with Gasteiger partial charge in [0.25, 0.3) is 10.0 Å². The van der Waals surface area contributed by atoms with Gasteiger partial charge < -0.3 is 0 Å². The van der Waals surface area contributed by atoms with E-state index in [4.69, 9.17) is 11.6 Å². The SMILES string of the molecule is Cc1c(S(=O)(=O)N2CC[CH]CC2Br)sc2ccc(Cl)cc12. The quantitative estimate of drug-likeness (QED) is 0.540. The van der Waals surface area contributed by atoms with Crippen LogP contribution in [-0.4, -0.2) is 24.2 Å². The maximum atomic E-state index is 12.9. The first-order valence-corrected chi connectivity index (χ1v) is 10.1. The maximum absolute atomic E-state index is 12.9. The molecule has 1 aliphatic heterocycles. The van der Waals surface area contributed by atoms with Crippen LogP contribution in [0.15, 0.2) is 22.4 Å². The van der Waals surface area contributed by atoms with Crippen molar-refractivity contribution in [3.63, 3.8) is 0 Å². The fraction of sp³-hybridized carbons (Fsp3) is 0.357. The molecular formula is C14H14BrClNO2S2. The Hall–Kier alpha value is -0.140. The number of nitrogens with zero attached hydrogens (tertiary/aromatic N) is 1. The first kappa shape index (κ1) is 15.7. The molecule has 7 heteroatoms. The summed E-state index contributed by atoms with van der Waals surface area (Å²) in [4.78, 5) is -0.163. The van der Waals surface area contributed by atoms with E-state index < -0.39 is 10.0 Å². The summed E-state index contributed by atoms with van der Waals surface area (Å²) in [5.41, 5.74) is 0.784. The average Bonchev–Trinajstić information content (AvgIpc) is 2.77. The predicted octanol–water partition coefficient (Wildman–Crippen LogP) is 4.57. The van der Waals surface area contributed by atoms with Gasteiger partial charge in [-0.3, -0.25) is 0 Å². The number of thiophene rings is 1. The highest BCUT2D eigenvalue weighted by molar-refractivity contribution is 9.09. The topological polar surface area (TPSA) is 37.4 Å². The Labute approximate surface area is 142 Å². The van der Waals surface area contributed by atoms with Crippen LogP contribution in [0.25, 0.3) is 10.1 Å². The van der Waals surface area contributed by atoms with E-state index in [0.717, 1.165) is 28.5 Å². The molecular weight excluding hydrogens is 394 g/mol. The van der Waals surface area contributed by atoms with E-state index in [1.807, 2.05) is 19.1 Å². The standard InChI is InChI=1S/C14H14BrClNO2S2/c1-9-11-8-10(16)5-6-12(11)20-14(9)21(18,19)17-7-3-2-4-13(17)15/h2,5-6,8,13H,3-4,7H2,1H3. The lowest BCUT2D eigenvalue weighted by Gasteiger charge is -2.30. The van der Waals surface area contributed by atoms with Crippen molar-refractivity contribution < 1.29 is 8.42 Å². The molecule has 3 rings (SSSR count). The minimum atomic E-state index is -3.47. The summed E-state index contributed by atoms with van der Waals surface area (Å²) < 4.78 is 28.8. The van der Waals surface area contributed by atoms with E-state index in [-0.39, 0.29) is 4.95 Å². The molecule has 0 N–H and O–H groups in total. The molecule has 1 fully saturated rings. The van der Waals surface area contributed by atoms with Gasteiger partial charge in [-0.25, -0.2) is 8.42 Å². The van der Waals surface area contributed by atoms with Gasteiger partial charge >= 0.3 is 0 Å². The molecule has 1 atom stereocenters. The number of halogens is 2. The van der Waals surface area contributed by atoms with Crippen LogP contribution >= 0.6 is 38.9 Å². The van der Waals surface area contributed by atoms with Crippen molar-refractivity contribution in [1.29, 1.82) is 0 Å². The summed E-state index contributed by atoms with van der Waals surface area (Å²) in [6.07, 6.45) is 3.63. The number of benzene rings is 1. The average molecular weight is 408 g/mol. The second kappa shape index (κ2) is 5.81. The monoisotopic (exact) mass is 406 g/mol. The molecule has 3 nitrogen and oxygen atoms in total. The first-order chi connectivity index (χ1) is 9.91. The highest BCUT2D eigenvalue weighted by Crippen LogP contribution is 2.38. The predicted molar refractivity (Wildman–Crippen MR) is 91.7 cm³/mol. The third-order valence-corrected chi connectivity index (χ3v) is 8.78. The molecule has 113 valence electrons. The van der Waals surface area contributed by atoms with Crippen LogP contribution in [0, 0.1) is 13.3 Å². The van der Waals surface area contributed by atoms with E-state index in [1.165, 1.54) is 11.3 Å². The number of rotatable bonds is 2. The second-order valence-corrected chi connectivity index (χ2v) is 9.65. The summed E-state index contributed by atoms with van der Waals surface area (Å²) in [5.74, 6) is 0. The van der Waals surface area contributed by atoms with Gasteiger partial charge in [0.2, 0.25) is 0 Å². The fourth-order valence-corrected chi connectivity index (χ4v) is 7.17. The molecule has 1 unspecified atom stereocenters. The van der Waals surface area contributed by atoms with Crippen molar-refractivity contribution in [3.05, 3.63) is 35.2 Å². The van der Waals surface area contributed by atoms with Crippen LogP contribution in [-0.2, 0) is 10.0 Å².